The summed E-state index contributed by atoms with van der Waals surface area (Å²) in [6.45, 7) is 6.84. The fourth-order valence-electron chi connectivity index (χ4n) is 9.75. The first-order chi connectivity index (χ1) is 28.9. The average molecular weight is 758 g/mol. The third-order valence-electron chi connectivity index (χ3n) is 12.5. The van der Waals surface area contributed by atoms with E-state index >= 15 is 0 Å². The lowest BCUT2D eigenvalue weighted by atomic mass is 9.68. The van der Waals surface area contributed by atoms with Gasteiger partial charge in [-0.25, -0.2) is 0 Å². The van der Waals surface area contributed by atoms with Crippen LogP contribution in [0, 0.1) is 0 Å². The zero-order chi connectivity index (χ0) is 39.7. The second kappa shape index (κ2) is 13.5. The van der Waals surface area contributed by atoms with Crippen LogP contribution >= 0.6 is 0 Å². The van der Waals surface area contributed by atoms with Gasteiger partial charge in [0.05, 0.1) is 11.1 Å². The van der Waals surface area contributed by atoms with Crippen LogP contribution in [0.25, 0.3) is 55.0 Å². The van der Waals surface area contributed by atoms with E-state index in [9.17, 15) is 0 Å². The molecule has 1 heterocycles. The predicted octanol–water partition coefficient (Wildman–Crippen LogP) is 15.5. The molecule has 2 heteroatoms. The van der Waals surface area contributed by atoms with Gasteiger partial charge in [-0.15, -0.1) is 0 Å². The first-order valence-electron chi connectivity index (χ1n) is 20.6. The molecule has 1 aliphatic rings. The quantitative estimate of drug-likeness (QED) is 0.168. The average Bonchev–Trinajstić information content (AvgIpc) is 3.80. The lowest BCUT2D eigenvalue weighted by Crippen LogP contribution is -2.28. The van der Waals surface area contributed by atoms with Gasteiger partial charge in [-0.3, -0.25) is 0 Å². The van der Waals surface area contributed by atoms with Crippen molar-refractivity contribution in [2.45, 2.75) is 31.6 Å². The molecule has 0 bridgehead atoms. The summed E-state index contributed by atoms with van der Waals surface area (Å²) in [7, 11) is 0. The fourth-order valence-corrected chi connectivity index (χ4v) is 9.75. The van der Waals surface area contributed by atoms with Crippen molar-refractivity contribution in [3.8, 4) is 22.3 Å². The molecule has 59 heavy (non-hydrogen) atoms. The Morgan fingerprint density at radius 1 is 0.441 bits per heavy atom. The van der Waals surface area contributed by atoms with Crippen molar-refractivity contribution in [2.24, 2.45) is 0 Å². The van der Waals surface area contributed by atoms with Gasteiger partial charge in [-0.2, -0.15) is 0 Å². The number of para-hydroxylation sites is 1. The van der Waals surface area contributed by atoms with Crippen LogP contribution in [0.4, 0.5) is 17.1 Å². The molecule has 1 aliphatic carbocycles. The Hall–Kier alpha value is -7.16. The Morgan fingerprint density at radius 2 is 1.05 bits per heavy atom. The third-order valence-corrected chi connectivity index (χ3v) is 12.5. The Balaban J connectivity index is 1.19. The van der Waals surface area contributed by atoms with E-state index in [0.29, 0.717) is 0 Å². The standard InChI is InChI=1S/C57H43NO/c1-56(2,3)40-28-30-43(31-29-40)58(52-34-26-38-16-10-11-21-45(38)55(52)39-27-35-54-49(36-39)47-23-13-15-25-53(47)59-54)44-32-33-51-48(37-44)46-22-12-14-24-50(46)57(51,41-17-6-4-7-18-41)42-19-8-5-9-20-42/h4-37H,1-3H3. The molecule has 0 spiro atoms. The van der Waals surface area contributed by atoms with Crippen LogP contribution < -0.4 is 4.90 Å². The van der Waals surface area contributed by atoms with E-state index in [1.54, 1.807) is 0 Å². The second-order valence-electron chi connectivity index (χ2n) is 16.9. The van der Waals surface area contributed by atoms with E-state index in [1.165, 1.54) is 55.3 Å². The summed E-state index contributed by atoms with van der Waals surface area (Å²) >= 11 is 0. The van der Waals surface area contributed by atoms with Crippen LogP contribution in [0.15, 0.2) is 211 Å². The molecule has 0 atom stereocenters. The van der Waals surface area contributed by atoms with Crippen LogP contribution in [0.2, 0.25) is 0 Å². The molecule has 0 N–H and O–H groups in total. The second-order valence-corrected chi connectivity index (χ2v) is 16.9. The summed E-state index contributed by atoms with van der Waals surface area (Å²) in [5, 5.41) is 4.64. The van der Waals surface area contributed by atoms with Crippen LogP contribution in [0.5, 0.6) is 0 Å². The summed E-state index contributed by atoms with van der Waals surface area (Å²) in [4.78, 5) is 2.47. The number of anilines is 3. The Bertz CT molecular complexity index is 3150. The molecule has 0 saturated heterocycles. The Morgan fingerprint density at radius 3 is 1.80 bits per heavy atom. The zero-order valence-corrected chi connectivity index (χ0v) is 33.5. The van der Waals surface area contributed by atoms with E-state index < -0.39 is 5.41 Å². The molecule has 0 radical (unpaired) electrons. The maximum absolute atomic E-state index is 6.33. The van der Waals surface area contributed by atoms with Crippen molar-refractivity contribution in [3.05, 3.63) is 234 Å². The van der Waals surface area contributed by atoms with E-state index in [0.717, 1.165) is 44.6 Å². The van der Waals surface area contributed by atoms with Crippen LogP contribution in [0.1, 0.15) is 48.6 Å². The number of rotatable bonds is 6. The van der Waals surface area contributed by atoms with Gasteiger partial charge in [-0.05, 0) is 109 Å². The van der Waals surface area contributed by atoms with E-state index in [4.69, 9.17) is 4.42 Å². The topological polar surface area (TPSA) is 16.4 Å². The number of hydrogen-bond donors (Lipinski definition) is 0. The summed E-state index contributed by atoms with van der Waals surface area (Å²) in [6.07, 6.45) is 0. The molecular weight excluding hydrogens is 715 g/mol. The smallest absolute Gasteiger partial charge is 0.135 e. The number of benzene rings is 9. The number of furan rings is 1. The first-order valence-corrected chi connectivity index (χ1v) is 20.6. The lowest BCUT2D eigenvalue weighted by Gasteiger charge is -2.34. The highest BCUT2D eigenvalue weighted by Gasteiger charge is 2.46. The molecule has 10 aromatic rings. The summed E-state index contributed by atoms with van der Waals surface area (Å²) in [6, 6.07) is 75.8. The highest BCUT2D eigenvalue weighted by atomic mass is 16.3. The minimum Gasteiger partial charge on any atom is -0.456 e. The molecule has 282 valence electrons. The van der Waals surface area contributed by atoms with Gasteiger partial charge in [0, 0.05) is 27.7 Å². The monoisotopic (exact) mass is 757 g/mol. The van der Waals surface area contributed by atoms with Gasteiger partial charge in [0.2, 0.25) is 0 Å². The van der Waals surface area contributed by atoms with Gasteiger partial charge in [0.25, 0.3) is 0 Å². The lowest BCUT2D eigenvalue weighted by molar-refractivity contribution is 0.590. The third kappa shape index (κ3) is 5.47. The normalized spacial score (nSPS) is 13.1. The van der Waals surface area contributed by atoms with Gasteiger partial charge >= 0.3 is 0 Å². The minimum absolute atomic E-state index is 0.0235. The van der Waals surface area contributed by atoms with Crippen LogP contribution in [-0.2, 0) is 10.8 Å². The molecule has 1 aromatic heterocycles. The van der Waals surface area contributed by atoms with Gasteiger partial charge in [0.15, 0.2) is 0 Å². The largest absolute Gasteiger partial charge is 0.456 e. The molecule has 2 nitrogen and oxygen atoms in total. The predicted molar refractivity (Wildman–Crippen MR) is 247 cm³/mol. The Kier molecular flexibility index (Phi) is 8.00. The number of nitrogens with zero attached hydrogens (tertiary/aromatic N) is 1. The highest BCUT2D eigenvalue weighted by Crippen LogP contribution is 2.57. The molecule has 9 aromatic carbocycles. The molecule has 11 rings (SSSR count). The minimum atomic E-state index is -0.469. The maximum Gasteiger partial charge on any atom is 0.135 e. The first kappa shape index (κ1) is 35.0. The molecule has 0 aliphatic heterocycles. The van der Waals surface area contributed by atoms with E-state index in [1.807, 2.05) is 6.07 Å². The highest BCUT2D eigenvalue weighted by molar-refractivity contribution is 6.10. The Labute approximate surface area is 345 Å². The van der Waals surface area contributed by atoms with Crippen molar-refractivity contribution < 1.29 is 4.42 Å². The number of fused-ring (bicyclic) bond motifs is 7. The van der Waals surface area contributed by atoms with Crippen molar-refractivity contribution in [3.63, 3.8) is 0 Å². The fraction of sp³-hybridized carbons (Fsp3) is 0.0877. The molecular formula is C57H43NO. The van der Waals surface area contributed by atoms with Gasteiger partial charge in [0.1, 0.15) is 11.2 Å². The van der Waals surface area contributed by atoms with Gasteiger partial charge in [-0.1, -0.05) is 178 Å². The van der Waals surface area contributed by atoms with Crippen LogP contribution in [-0.4, -0.2) is 0 Å². The summed E-state index contributed by atoms with van der Waals surface area (Å²) in [5.41, 5.74) is 15.9. The van der Waals surface area contributed by atoms with E-state index in [-0.39, 0.29) is 5.41 Å². The van der Waals surface area contributed by atoms with Crippen molar-refractivity contribution >= 4 is 49.8 Å². The van der Waals surface area contributed by atoms with Crippen molar-refractivity contribution in [1.29, 1.82) is 0 Å². The molecule has 0 amide bonds. The van der Waals surface area contributed by atoms with Gasteiger partial charge < -0.3 is 9.32 Å². The summed E-state index contributed by atoms with van der Waals surface area (Å²) < 4.78 is 6.33. The SMILES string of the molecule is CC(C)(C)c1ccc(N(c2ccc3c(c2)-c2ccccc2C3(c2ccccc2)c2ccccc2)c2ccc3ccccc3c2-c2ccc3oc4ccccc4c3c2)cc1. The van der Waals surface area contributed by atoms with Crippen LogP contribution in [0.3, 0.4) is 0 Å². The molecule has 0 unspecified atom stereocenters. The van der Waals surface area contributed by atoms with Crippen molar-refractivity contribution in [1.82, 2.24) is 0 Å². The maximum atomic E-state index is 6.33. The molecule has 0 fully saturated rings. The zero-order valence-electron chi connectivity index (χ0n) is 33.5. The van der Waals surface area contributed by atoms with Crippen molar-refractivity contribution in [2.75, 3.05) is 4.90 Å². The number of hydrogen-bond acceptors (Lipinski definition) is 2. The molecule has 0 saturated carbocycles. The van der Waals surface area contributed by atoms with E-state index in [2.05, 4.69) is 226 Å². The summed E-state index contributed by atoms with van der Waals surface area (Å²) in [5.74, 6) is 0.